The smallest absolute Gasteiger partial charge is 0.327 e. The monoisotopic (exact) mass is 456 g/mol. The topological polar surface area (TPSA) is 191 Å². The molecule has 1 aromatic rings. The van der Waals surface area contributed by atoms with Crippen LogP contribution in [-0.4, -0.2) is 75.0 Å². The number of carbonyl (C=O) groups excluding carboxylic acids is 3. The molecule has 0 aliphatic carbocycles. The van der Waals surface area contributed by atoms with E-state index >= 15 is 0 Å². The molecule has 0 spiro atoms. The van der Waals surface area contributed by atoms with E-state index in [1.165, 1.54) is 26.0 Å². The molecule has 12 heteroatoms. The Bertz CT molecular complexity index is 788. The van der Waals surface area contributed by atoms with Crippen LogP contribution in [0.25, 0.3) is 0 Å². The highest BCUT2D eigenvalue weighted by Gasteiger charge is 2.30. The minimum Gasteiger partial charge on any atom is -0.508 e. The Morgan fingerprint density at radius 2 is 1.58 bits per heavy atom. The number of aliphatic hydroxyl groups is 1. The predicted octanol–water partition coefficient (Wildman–Crippen LogP) is -1.87. The molecular weight excluding hydrogens is 428 g/mol. The second-order valence-electron chi connectivity index (χ2n) is 7.02. The van der Waals surface area contributed by atoms with E-state index in [9.17, 15) is 29.4 Å². The molecule has 5 atom stereocenters. The quantitative estimate of drug-likeness (QED) is 0.178. The maximum absolute atomic E-state index is 12.5. The van der Waals surface area contributed by atoms with E-state index in [1.54, 1.807) is 12.1 Å². The Balaban J connectivity index is 2.71. The van der Waals surface area contributed by atoms with E-state index in [0.29, 0.717) is 5.56 Å². The fourth-order valence-electron chi connectivity index (χ4n) is 2.50. The first-order chi connectivity index (χ1) is 14.5. The number of nitrogens with two attached hydrogens (primary N) is 1. The van der Waals surface area contributed by atoms with Crippen LogP contribution in [0.2, 0.25) is 0 Å². The molecule has 1 aromatic carbocycles. The van der Waals surface area contributed by atoms with Gasteiger partial charge in [0.2, 0.25) is 17.7 Å². The van der Waals surface area contributed by atoms with Crippen LogP contribution in [0.4, 0.5) is 0 Å². The molecule has 0 saturated heterocycles. The van der Waals surface area contributed by atoms with Crippen molar-refractivity contribution in [3.05, 3.63) is 29.8 Å². The highest BCUT2D eigenvalue weighted by Crippen LogP contribution is 2.11. The number of phenols is 1. The number of hydrogen-bond acceptors (Lipinski definition) is 8. The summed E-state index contributed by atoms with van der Waals surface area (Å²) in [4.78, 5) is 47.9. The third-order valence-electron chi connectivity index (χ3n) is 4.34. The van der Waals surface area contributed by atoms with Gasteiger partial charge in [0.1, 0.15) is 23.9 Å². The van der Waals surface area contributed by atoms with Crippen molar-refractivity contribution in [2.45, 2.75) is 50.5 Å². The van der Waals surface area contributed by atoms with Crippen molar-refractivity contribution in [3.8, 4) is 5.75 Å². The van der Waals surface area contributed by atoms with Crippen LogP contribution >= 0.6 is 12.6 Å². The Morgan fingerprint density at radius 3 is 2.06 bits per heavy atom. The summed E-state index contributed by atoms with van der Waals surface area (Å²) < 4.78 is 0. The molecule has 172 valence electrons. The molecule has 0 bridgehead atoms. The molecule has 0 aliphatic heterocycles. The summed E-state index contributed by atoms with van der Waals surface area (Å²) in [6.45, 7) is 2.60. The summed E-state index contributed by atoms with van der Waals surface area (Å²) in [5.74, 6) is -3.68. The van der Waals surface area contributed by atoms with Crippen LogP contribution in [0.15, 0.2) is 24.3 Å². The van der Waals surface area contributed by atoms with E-state index in [2.05, 4.69) is 28.6 Å². The minimum absolute atomic E-state index is 0.0646. The second-order valence-corrected chi connectivity index (χ2v) is 7.38. The van der Waals surface area contributed by atoms with Crippen molar-refractivity contribution < 1.29 is 34.5 Å². The number of thiol groups is 1. The van der Waals surface area contributed by atoms with Gasteiger partial charge in [-0.25, -0.2) is 4.79 Å². The van der Waals surface area contributed by atoms with E-state index in [4.69, 9.17) is 10.8 Å². The Morgan fingerprint density at radius 1 is 1.00 bits per heavy atom. The lowest BCUT2D eigenvalue weighted by Crippen LogP contribution is -2.59. The van der Waals surface area contributed by atoms with Crippen LogP contribution in [0, 0.1) is 0 Å². The van der Waals surface area contributed by atoms with Gasteiger partial charge in [0.25, 0.3) is 0 Å². The van der Waals surface area contributed by atoms with Gasteiger partial charge in [-0.15, -0.1) is 0 Å². The van der Waals surface area contributed by atoms with E-state index in [-0.39, 0.29) is 17.9 Å². The summed E-state index contributed by atoms with van der Waals surface area (Å²) in [6.07, 6.45) is -1.18. The second kappa shape index (κ2) is 12.1. The molecule has 11 nitrogen and oxygen atoms in total. The first kappa shape index (κ1) is 26.2. The predicted molar refractivity (Wildman–Crippen MR) is 114 cm³/mol. The molecule has 0 saturated carbocycles. The number of aliphatic carboxylic acids is 1. The van der Waals surface area contributed by atoms with Gasteiger partial charge in [-0.05, 0) is 38.0 Å². The lowest BCUT2D eigenvalue weighted by atomic mass is 10.0. The van der Waals surface area contributed by atoms with Crippen molar-refractivity contribution in [1.82, 2.24) is 16.0 Å². The van der Waals surface area contributed by atoms with Gasteiger partial charge in [0, 0.05) is 5.75 Å². The van der Waals surface area contributed by atoms with Gasteiger partial charge in [-0.3, -0.25) is 14.4 Å². The third-order valence-corrected chi connectivity index (χ3v) is 4.71. The van der Waals surface area contributed by atoms with Crippen molar-refractivity contribution in [3.63, 3.8) is 0 Å². The number of phenolic OH excluding ortho intramolecular Hbond substituents is 1. The lowest BCUT2D eigenvalue weighted by Gasteiger charge is -2.25. The van der Waals surface area contributed by atoms with Crippen LogP contribution < -0.4 is 21.7 Å². The van der Waals surface area contributed by atoms with E-state index in [1.807, 2.05) is 0 Å². The zero-order valence-corrected chi connectivity index (χ0v) is 18.0. The Hall–Kier alpha value is -2.83. The summed E-state index contributed by atoms with van der Waals surface area (Å²) in [6, 6.07) is 1.27. The first-order valence-corrected chi connectivity index (χ1v) is 10.1. The SMILES string of the molecule is CC(NC(=O)C(NC(=O)C(N)Cc1ccc(O)cc1)C(C)O)C(=O)NC(CS)C(=O)O. The molecular formula is C19H28N4O7S. The summed E-state index contributed by atoms with van der Waals surface area (Å²) in [7, 11) is 0. The number of hydrogen-bond donors (Lipinski definition) is 8. The van der Waals surface area contributed by atoms with E-state index in [0.717, 1.165) is 0 Å². The zero-order valence-electron chi connectivity index (χ0n) is 17.1. The van der Waals surface area contributed by atoms with E-state index < -0.39 is 54.0 Å². The average molecular weight is 457 g/mol. The molecule has 0 aromatic heterocycles. The minimum atomic E-state index is -1.39. The van der Waals surface area contributed by atoms with Crippen LogP contribution in [-0.2, 0) is 25.6 Å². The Kier molecular flexibility index (Phi) is 10.3. The number of carbonyl (C=O) groups is 4. The molecule has 0 heterocycles. The summed E-state index contributed by atoms with van der Waals surface area (Å²) in [5.41, 5.74) is 6.55. The standard InChI is InChI=1S/C19H28N4O7S/c1-9(16(26)22-14(8-31)19(29)30)21-18(28)15(10(2)24)23-17(27)13(20)7-11-3-5-12(25)6-4-11/h3-6,9-10,13-15,24-25,31H,7-8,20H2,1-2H3,(H,21,28)(H,22,26)(H,23,27)(H,29,30). The largest absolute Gasteiger partial charge is 0.508 e. The molecule has 0 fully saturated rings. The van der Waals surface area contributed by atoms with Crippen molar-refractivity contribution in [1.29, 1.82) is 0 Å². The molecule has 0 radical (unpaired) electrons. The number of carboxylic acids is 1. The number of carboxylic acid groups (broad SMARTS) is 1. The summed E-state index contributed by atoms with van der Waals surface area (Å²) in [5, 5.41) is 35.0. The van der Waals surface area contributed by atoms with Gasteiger partial charge in [-0.1, -0.05) is 12.1 Å². The molecule has 0 aliphatic rings. The number of rotatable bonds is 11. The fraction of sp³-hybridized carbons (Fsp3) is 0.474. The lowest BCUT2D eigenvalue weighted by molar-refractivity contribution is -0.141. The van der Waals surface area contributed by atoms with Crippen LogP contribution in [0.3, 0.4) is 0 Å². The highest BCUT2D eigenvalue weighted by atomic mass is 32.1. The van der Waals surface area contributed by atoms with Gasteiger partial charge < -0.3 is 37.0 Å². The number of amides is 3. The molecule has 3 amide bonds. The van der Waals surface area contributed by atoms with Crippen LogP contribution in [0.5, 0.6) is 5.75 Å². The third kappa shape index (κ3) is 8.44. The number of aromatic hydroxyl groups is 1. The summed E-state index contributed by atoms with van der Waals surface area (Å²) >= 11 is 3.84. The maximum atomic E-state index is 12.5. The van der Waals surface area contributed by atoms with Crippen molar-refractivity contribution in [2.75, 3.05) is 5.75 Å². The van der Waals surface area contributed by atoms with Crippen molar-refractivity contribution in [2.24, 2.45) is 5.73 Å². The average Bonchev–Trinajstić information content (AvgIpc) is 2.70. The van der Waals surface area contributed by atoms with Gasteiger partial charge in [0.15, 0.2) is 0 Å². The fourth-order valence-corrected chi connectivity index (χ4v) is 2.74. The maximum Gasteiger partial charge on any atom is 0.327 e. The van der Waals surface area contributed by atoms with Crippen molar-refractivity contribution >= 4 is 36.3 Å². The number of aliphatic hydroxyl groups excluding tert-OH is 1. The van der Waals surface area contributed by atoms with Crippen LogP contribution in [0.1, 0.15) is 19.4 Å². The zero-order chi connectivity index (χ0) is 23.7. The molecule has 5 unspecified atom stereocenters. The van der Waals surface area contributed by atoms with Gasteiger partial charge >= 0.3 is 5.97 Å². The first-order valence-electron chi connectivity index (χ1n) is 9.42. The van der Waals surface area contributed by atoms with Gasteiger partial charge in [-0.2, -0.15) is 12.6 Å². The highest BCUT2D eigenvalue weighted by molar-refractivity contribution is 7.80. The number of nitrogens with one attached hydrogen (secondary N) is 3. The molecule has 1 rings (SSSR count). The molecule has 31 heavy (non-hydrogen) atoms. The normalized spacial score (nSPS) is 15.6. The Labute approximate surface area is 184 Å². The van der Waals surface area contributed by atoms with Gasteiger partial charge in [0.05, 0.1) is 12.1 Å². The number of benzene rings is 1. The molecule has 8 N–H and O–H groups in total.